The molecule has 0 bridgehead atoms. The normalized spacial score (nSPS) is 10.2. The molecule has 0 fully saturated rings. The molecule has 0 radical (unpaired) electrons. The molecule has 2 aromatic heterocycles. The Kier molecular flexibility index (Phi) is 2.39. The van der Waals surface area contributed by atoms with Gasteiger partial charge in [-0.25, -0.2) is 4.52 Å². The number of anilines is 1. The van der Waals surface area contributed by atoms with Gasteiger partial charge in [0.25, 0.3) is 0 Å². The molecule has 0 unspecified atom stereocenters. The summed E-state index contributed by atoms with van der Waals surface area (Å²) in [6.45, 7) is 3.33. The summed E-state index contributed by atoms with van der Waals surface area (Å²) in [5.41, 5.74) is 0.610. The van der Waals surface area contributed by atoms with Crippen LogP contribution in [0.3, 0.4) is 0 Å². The first-order valence-corrected chi connectivity index (χ1v) is 4.52. The van der Waals surface area contributed by atoms with Gasteiger partial charge in [-0.2, -0.15) is 4.98 Å². The summed E-state index contributed by atoms with van der Waals surface area (Å²) >= 11 is 5.77. The van der Waals surface area contributed by atoms with Crippen LogP contribution in [0.25, 0.3) is 5.65 Å². The lowest BCUT2D eigenvalue weighted by Gasteiger charge is -1.91. The van der Waals surface area contributed by atoms with Crippen LogP contribution in [0, 0.1) is 0 Å². The number of rotatable bonds is 2. The van der Waals surface area contributed by atoms with Gasteiger partial charge in [0.15, 0.2) is 5.65 Å². The van der Waals surface area contributed by atoms with Gasteiger partial charge in [0.2, 0.25) is 11.9 Å². The van der Waals surface area contributed by atoms with Crippen molar-refractivity contribution in [3.8, 4) is 0 Å². The van der Waals surface area contributed by atoms with Crippen molar-refractivity contribution in [2.75, 3.05) is 5.32 Å². The van der Waals surface area contributed by atoms with Gasteiger partial charge in [-0.05, 0) is 18.2 Å². The van der Waals surface area contributed by atoms with Gasteiger partial charge in [-0.1, -0.05) is 18.2 Å². The van der Waals surface area contributed by atoms with Gasteiger partial charge in [0.1, 0.15) is 0 Å². The second kappa shape index (κ2) is 3.70. The first kappa shape index (κ1) is 9.67. The van der Waals surface area contributed by atoms with Gasteiger partial charge >= 0.3 is 0 Å². The number of pyridine rings is 1. The van der Waals surface area contributed by atoms with E-state index in [9.17, 15) is 4.79 Å². The predicted molar refractivity (Wildman–Crippen MR) is 56.8 cm³/mol. The largest absolute Gasteiger partial charge is 0.290 e. The fourth-order valence-electron chi connectivity index (χ4n) is 1.07. The van der Waals surface area contributed by atoms with E-state index < -0.39 is 0 Å². The van der Waals surface area contributed by atoms with E-state index in [-0.39, 0.29) is 11.9 Å². The van der Waals surface area contributed by atoms with Crippen LogP contribution in [-0.2, 0) is 4.79 Å². The van der Waals surface area contributed by atoms with Crippen molar-refractivity contribution in [1.82, 2.24) is 14.6 Å². The van der Waals surface area contributed by atoms with Crippen LogP contribution < -0.4 is 5.32 Å². The highest BCUT2D eigenvalue weighted by atomic mass is 35.5. The highest BCUT2D eigenvalue weighted by molar-refractivity contribution is 6.30. The summed E-state index contributed by atoms with van der Waals surface area (Å²) in [5.74, 6) is -0.126. The zero-order valence-electron chi connectivity index (χ0n) is 7.64. The monoisotopic (exact) mass is 222 g/mol. The van der Waals surface area contributed by atoms with Crippen LogP contribution in [0.15, 0.2) is 31.0 Å². The number of carbonyl (C=O) groups excluding carboxylic acids is 1. The van der Waals surface area contributed by atoms with Crippen LogP contribution in [0.5, 0.6) is 0 Å². The number of hydrogen-bond donors (Lipinski definition) is 1. The molecule has 0 saturated carbocycles. The average Bonchev–Trinajstić information content (AvgIpc) is 2.59. The van der Waals surface area contributed by atoms with Crippen molar-refractivity contribution < 1.29 is 4.79 Å². The number of fused-ring (bicyclic) bond motifs is 1. The number of carbonyl (C=O) groups is 1. The maximum absolute atomic E-state index is 11.0. The minimum absolute atomic E-state index is 0.224. The molecular weight excluding hydrogens is 216 g/mol. The molecule has 2 heterocycles. The Morgan fingerprint density at radius 1 is 1.60 bits per heavy atom. The highest BCUT2D eigenvalue weighted by Gasteiger charge is 2.05. The van der Waals surface area contributed by atoms with E-state index in [0.717, 1.165) is 6.08 Å². The number of hydrogen-bond acceptors (Lipinski definition) is 3. The second-order valence-electron chi connectivity index (χ2n) is 2.78. The molecule has 1 amide bonds. The molecule has 0 aromatic carbocycles. The Labute approximate surface area is 90.4 Å². The maximum Gasteiger partial charge on any atom is 0.250 e. The summed E-state index contributed by atoms with van der Waals surface area (Å²) in [5, 5.41) is 7.01. The fraction of sp³-hybridized carbons (Fsp3) is 0. The van der Waals surface area contributed by atoms with E-state index >= 15 is 0 Å². The third kappa shape index (κ3) is 1.97. The molecule has 0 aliphatic rings. The third-order valence-electron chi connectivity index (χ3n) is 1.72. The van der Waals surface area contributed by atoms with E-state index in [0.29, 0.717) is 10.7 Å². The van der Waals surface area contributed by atoms with Crippen LogP contribution in [0.1, 0.15) is 0 Å². The molecule has 0 aliphatic carbocycles. The summed E-state index contributed by atoms with van der Waals surface area (Å²) in [7, 11) is 0. The van der Waals surface area contributed by atoms with Crippen molar-refractivity contribution in [2.24, 2.45) is 0 Å². The molecule has 6 heteroatoms. The Bertz CT molecular complexity index is 534. The predicted octanol–water partition coefficient (Wildman–Crippen LogP) is 1.51. The number of nitrogens with one attached hydrogen (secondary N) is 1. The van der Waals surface area contributed by atoms with Crippen LogP contribution in [0.2, 0.25) is 5.02 Å². The Morgan fingerprint density at radius 3 is 3.13 bits per heavy atom. The van der Waals surface area contributed by atoms with E-state index in [1.54, 1.807) is 18.3 Å². The molecule has 1 N–H and O–H groups in total. The zero-order chi connectivity index (χ0) is 10.8. The van der Waals surface area contributed by atoms with Crippen molar-refractivity contribution >= 4 is 29.1 Å². The number of nitrogens with zero attached hydrogens (tertiary/aromatic N) is 3. The molecule has 0 atom stereocenters. The van der Waals surface area contributed by atoms with E-state index in [1.807, 2.05) is 0 Å². The van der Waals surface area contributed by atoms with Gasteiger partial charge in [-0.3, -0.25) is 10.1 Å². The SMILES string of the molecule is C=CC(=O)Nc1nc2ccc(Cl)cn2n1. The number of amides is 1. The minimum atomic E-state index is -0.350. The summed E-state index contributed by atoms with van der Waals surface area (Å²) in [4.78, 5) is 15.0. The van der Waals surface area contributed by atoms with E-state index in [4.69, 9.17) is 11.6 Å². The van der Waals surface area contributed by atoms with Crippen LogP contribution in [0.4, 0.5) is 5.95 Å². The van der Waals surface area contributed by atoms with Gasteiger partial charge in [0.05, 0.1) is 5.02 Å². The zero-order valence-corrected chi connectivity index (χ0v) is 8.40. The Morgan fingerprint density at radius 2 is 2.40 bits per heavy atom. The van der Waals surface area contributed by atoms with Crippen molar-refractivity contribution in [3.05, 3.63) is 36.0 Å². The lowest BCUT2D eigenvalue weighted by atomic mass is 10.5. The maximum atomic E-state index is 11.0. The van der Waals surface area contributed by atoms with Crippen molar-refractivity contribution in [3.63, 3.8) is 0 Å². The molecule has 76 valence electrons. The first-order chi connectivity index (χ1) is 7.19. The topological polar surface area (TPSA) is 59.3 Å². The van der Waals surface area contributed by atoms with Gasteiger partial charge in [0, 0.05) is 6.20 Å². The molecule has 2 aromatic rings. The van der Waals surface area contributed by atoms with Crippen LogP contribution in [-0.4, -0.2) is 20.5 Å². The van der Waals surface area contributed by atoms with Gasteiger partial charge in [-0.15, -0.1) is 5.10 Å². The summed E-state index contributed by atoms with van der Waals surface area (Å²) in [6, 6.07) is 3.41. The average molecular weight is 223 g/mol. The smallest absolute Gasteiger partial charge is 0.250 e. The van der Waals surface area contributed by atoms with Crippen LogP contribution >= 0.6 is 11.6 Å². The number of aromatic nitrogens is 3. The van der Waals surface area contributed by atoms with E-state index in [1.165, 1.54) is 4.52 Å². The molecule has 0 spiro atoms. The summed E-state index contributed by atoms with van der Waals surface area (Å²) in [6.07, 6.45) is 2.76. The lowest BCUT2D eigenvalue weighted by molar-refractivity contribution is -0.111. The molecule has 2 rings (SSSR count). The first-order valence-electron chi connectivity index (χ1n) is 4.14. The second-order valence-corrected chi connectivity index (χ2v) is 3.22. The molecule has 0 saturated heterocycles. The quantitative estimate of drug-likeness (QED) is 0.784. The van der Waals surface area contributed by atoms with E-state index in [2.05, 4.69) is 22.0 Å². The third-order valence-corrected chi connectivity index (χ3v) is 1.94. The molecule has 0 aliphatic heterocycles. The molecule has 5 nitrogen and oxygen atoms in total. The Balaban J connectivity index is 2.38. The minimum Gasteiger partial charge on any atom is -0.290 e. The van der Waals surface area contributed by atoms with Crippen molar-refractivity contribution in [1.29, 1.82) is 0 Å². The van der Waals surface area contributed by atoms with Gasteiger partial charge < -0.3 is 0 Å². The Hall–Kier alpha value is -1.88. The van der Waals surface area contributed by atoms with Crippen molar-refractivity contribution in [2.45, 2.75) is 0 Å². The number of halogens is 1. The highest BCUT2D eigenvalue weighted by Crippen LogP contribution is 2.11. The lowest BCUT2D eigenvalue weighted by Crippen LogP contribution is -2.08. The summed E-state index contributed by atoms with van der Waals surface area (Å²) < 4.78 is 1.49. The molecular formula is C9H7ClN4O. The fourth-order valence-corrected chi connectivity index (χ4v) is 1.23. The molecule has 15 heavy (non-hydrogen) atoms. The standard InChI is InChI=1S/C9H7ClN4O/c1-2-8(15)12-9-11-7-4-3-6(10)5-14(7)13-9/h2-5H,1H2,(H,12,13,15).